The maximum Gasteiger partial charge on any atom is 0.269 e. The van der Waals surface area contributed by atoms with Crippen LogP contribution in [0.1, 0.15) is 33.6 Å². The van der Waals surface area contributed by atoms with Crippen molar-refractivity contribution in [3.05, 3.63) is 0 Å². The fourth-order valence-electron chi connectivity index (χ4n) is 1.08. The molecule has 0 unspecified atom stereocenters. The Morgan fingerprint density at radius 3 is 2.83 bits per heavy atom. The molecule has 8 heteroatoms. The summed E-state index contributed by atoms with van der Waals surface area (Å²) in [5, 5.41) is 17.2. The molecule has 0 radical (unpaired) electrons. The van der Waals surface area contributed by atoms with Crippen molar-refractivity contribution in [3.8, 4) is 0 Å². The predicted octanol–water partition coefficient (Wildman–Crippen LogP) is 0.942. The van der Waals surface area contributed by atoms with Crippen molar-refractivity contribution < 1.29 is 4.79 Å². The highest BCUT2D eigenvalue weighted by Gasteiger charge is 2.10. The van der Waals surface area contributed by atoms with Crippen molar-refractivity contribution in [1.82, 2.24) is 25.5 Å². The maximum atomic E-state index is 11.4. The molecular formula is C10H18N6OS. The lowest BCUT2D eigenvalue weighted by Gasteiger charge is -2.07. The largest absolute Gasteiger partial charge is 0.303 e. The molecule has 1 amide bonds. The lowest BCUT2D eigenvalue weighted by Crippen LogP contribution is -2.37. The summed E-state index contributed by atoms with van der Waals surface area (Å²) in [6, 6.07) is 0. The molecule has 0 aliphatic rings. The molecule has 0 aromatic carbocycles. The van der Waals surface area contributed by atoms with Crippen LogP contribution >= 0.6 is 12.2 Å². The Labute approximate surface area is 111 Å². The van der Waals surface area contributed by atoms with Crippen LogP contribution in [0.5, 0.6) is 0 Å². The number of hydrogen-bond acceptors (Lipinski definition) is 5. The van der Waals surface area contributed by atoms with E-state index >= 15 is 0 Å². The minimum atomic E-state index is -0.147. The number of nitrogens with one attached hydrogen (secondary N) is 2. The fraction of sp³-hybridized carbons (Fsp3) is 0.700. The van der Waals surface area contributed by atoms with Gasteiger partial charge in [-0.3, -0.25) is 10.1 Å². The monoisotopic (exact) mass is 270 g/mol. The van der Waals surface area contributed by atoms with E-state index in [1.54, 1.807) is 13.8 Å². The average Bonchev–Trinajstić information content (AvgIpc) is 2.73. The number of rotatable bonds is 5. The Morgan fingerprint density at radius 1 is 1.50 bits per heavy atom. The van der Waals surface area contributed by atoms with Crippen LogP contribution in [0.25, 0.3) is 0 Å². The summed E-state index contributed by atoms with van der Waals surface area (Å²) in [5.74, 6) is 0.0176. The number of amides is 1. The normalized spacial score (nSPS) is 10.4. The van der Waals surface area contributed by atoms with Crippen LogP contribution in [-0.2, 0) is 11.3 Å². The molecule has 0 atom stereocenters. The molecule has 1 heterocycles. The third kappa shape index (κ3) is 4.74. The first-order valence-corrected chi connectivity index (χ1v) is 6.33. The van der Waals surface area contributed by atoms with Crippen LogP contribution < -0.4 is 10.6 Å². The Hall–Kier alpha value is -1.57. The zero-order chi connectivity index (χ0) is 13.5. The van der Waals surface area contributed by atoms with Gasteiger partial charge in [0.1, 0.15) is 0 Å². The molecule has 1 aromatic rings. The number of anilines is 1. The molecule has 1 rings (SSSR count). The van der Waals surface area contributed by atoms with Crippen LogP contribution in [-0.4, -0.2) is 31.2 Å². The zero-order valence-corrected chi connectivity index (χ0v) is 11.6. The van der Waals surface area contributed by atoms with Gasteiger partial charge in [-0.25, -0.2) is 0 Å². The summed E-state index contributed by atoms with van der Waals surface area (Å²) in [6.45, 7) is 6.39. The van der Waals surface area contributed by atoms with E-state index in [9.17, 15) is 4.79 Å². The molecule has 1 aromatic heterocycles. The number of aryl methyl sites for hydroxylation is 1. The number of unbranched alkanes of at least 4 members (excludes halogenated alkanes) is 1. The van der Waals surface area contributed by atoms with Crippen LogP contribution in [0, 0.1) is 5.92 Å². The highest BCUT2D eigenvalue weighted by molar-refractivity contribution is 7.80. The number of thiocarbonyl (C=S) groups is 1. The molecule has 0 saturated heterocycles. The smallest absolute Gasteiger partial charge is 0.269 e. The summed E-state index contributed by atoms with van der Waals surface area (Å²) >= 11 is 4.97. The van der Waals surface area contributed by atoms with Crippen molar-refractivity contribution in [2.45, 2.75) is 40.2 Å². The number of carbonyl (C=O) groups excluding carboxylic acids is 1. The first-order chi connectivity index (χ1) is 8.52. The Bertz CT molecular complexity index is 416. The summed E-state index contributed by atoms with van der Waals surface area (Å²) in [4.78, 5) is 12.9. The Morgan fingerprint density at radius 2 is 2.22 bits per heavy atom. The molecule has 0 aliphatic heterocycles. The van der Waals surface area contributed by atoms with E-state index in [1.807, 2.05) is 0 Å². The third-order valence-corrected chi connectivity index (χ3v) is 2.36. The van der Waals surface area contributed by atoms with Gasteiger partial charge in [0.15, 0.2) is 5.11 Å². The first-order valence-electron chi connectivity index (χ1n) is 5.92. The minimum Gasteiger partial charge on any atom is -0.303 e. The number of tetrazole rings is 1. The number of hydrogen-bond donors (Lipinski definition) is 2. The van der Waals surface area contributed by atoms with Crippen molar-refractivity contribution in [3.63, 3.8) is 0 Å². The second-order valence-electron chi connectivity index (χ2n) is 4.16. The van der Waals surface area contributed by atoms with Crippen molar-refractivity contribution in [2.24, 2.45) is 5.92 Å². The average molecular weight is 270 g/mol. The van der Waals surface area contributed by atoms with E-state index in [0.717, 1.165) is 19.4 Å². The van der Waals surface area contributed by atoms with E-state index in [4.69, 9.17) is 12.2 Å². The second kappa shape index (κ2) is 7.00. The molecular weight excluding hydrogens is 252 g/mol. The second-order valence-corrected chi connectivity index (χ2v) is 4.57. The van der Waals surface area contributed by atoms with Crippen molar-refractivity contribution in [2.75, 3.05) is 5.32 Å². The van der Waals surface area contributed by atoms with Gasteiger partial charge in [0.2, 0.25) is 5.91 Å². The molecule has 2 N–H and O–H groups in total. The van der Waals surface area contributed by atoms with Gasteiger partial charge in [-0.2, -0.15) is 4.80 Å². The van der Waals surface area contributed by atoms with Gasteiger partial charge in [-0.15, -0.1) is 5.10 Å². The molecule has 0 fully saturated rings. The van der Waals surface area contributed by atoms with Gasteiger partial charge in [-0.1, -0.05) is 32.3 Å². The minimum absolute atomic E-state index is 0.127. The SMILES string of the molecule is CCCCn1nnc(NC(=S)NC(=O)C(C)C)n1. The first kappa shape index (κ1) is 14.5. The van der Waals surface area contributed by atoms with E-state index in [1.165, 1.54) is 4.80 Å². The standard InChI is InChI=1S/C10H18N6OS/c1-4-5-6-16-14-9(13-15-16)12-10(18)11-8(17)7(2)3/h7H,4-6H2,1-3H3,(H2,11,12,14,17,18). The van der Waals surface area contributed by atoms with Gasteiger partial charge < -0.3 is 5.32 Å². The van der Waals surface area contributed by atoms with Gasteiger partial charge in [0, 0.05) is 5.92 Å². The highest BCUT2D eigenvalue weighted by Crippen LogP contribution is 1.97. The molecule has 0 saturated carbocycles. The van der Waals surface area contributed by atoms with E-state index in [-0.39, 0.29) is 16.9 Å². The Kier molecular flexibility index (Phi) is 5.63. The fourth-order valence-corrected chi connectivity index (χ4v) is 1.27. The Balaban J connectivity index is 2.44. The van der Waals surface area contributed by atoms with Crippen molar-refractivity contribution in [1.29, 1.82) is 0 Å². The van der Waals surface area contributed by atoms with Crippen LogP contribution in [0.3, 0.4) is 0 Å². The number of aromatic nitrogens is 4. The van der Waals surface area contributed by atoms with E-state index in [0.29, 0.717) is 5.95 Å². The maximum absolute atomic E-state index is 11.4. The zero-order valence-electron chi connectivity index (χ0n) is 10.8. The highest BCUT2D eigenvalue weighted by atomic mass is 32.1. The predicted molar refractivity (Wildman–Crippen MR) is 71.9 cm³/mol. The molecule has 100 valence electrons. The summed E-state index contributed by atoms with van der Waals surface area (Å²) in [6.07, 6.45) is 2.05. The summed E-state index contributed by atoms with van der Waals surface area (Å²) in [5.41, 5.74) is 0. The lowest BCUT2D eigenvalue weighted by molar-refractivity contribution is -0.122. The van der Waals surface area contributed by atoms with Gasteiger partial charge in [0.25, 0.3) is 5.95 Å². The molecule has 7 nitrogen and oxygen atoms in total. The topological polar surface area (TPSA) is 84.7 Å². The van der Waals surface area contributed by atoms with E-state index < -0.39 is 0 Å². The van der Waals surface area contributed by atoms with Gasteiger partial charge >= 0.3 is 0 Å². The van der Waals surface area contributed by atoms with Crippen molar-refractivity contribution >= 4 is 29.2 Å². The van der Waals surface area contributed by atoms with Gasteiger partial charge in [0.05, 0.1) is 6.54 Å². The van der Waals surface area contributed by atoms with Crippen LogP contribution in [0.15, 0.2) is 0 Å². The number of nitrogens with zero attached hydrogens (tertiary/aromatic N) is 4. The molecule has 0 bridgehead atoms. The quantitative estimate of drug-likeness (QED) is 0.775. The van der Waals surface area contributed by atoms with Gasteiger partial charge in [-0.05, 0) is 23.9 Å². The lowest BCUT2D eigenvalue weighted by atomic mass is 10.2. The molecule has 0 aliphatic carbocycles. The summed E-state index contributed by atoms with van der Waals surface area (Å²) < 4.78 is 0. The number of carbonyl (C=O) groups is 1. The third-order valence-electron chi connectivity index (χ3n) is 2.15. The summed E-state index contributed by atoms with van der Waals surface area (Å²) in [7, 11) is 0. The molecule has 0 spiro atoms. The van der Waals surface area contributed by atoms with Crippen LogP contribution in [0.4, 0.5) is 5.95 Å². The van der Waals surface area contributed by atoms with E-state index in [2.05, 4.69) is 33.0 Å². The van der Waals surface area contributed by atoms with Crippen LogP contribution in [0.2, 0.25) is 0 Å². The molecule has 18 heavy (non-hydrogen) atoms.